The predicted octanol–water partition coefficient (Wildman–Crippen LogP) is 1.97. The zero-order valence-electron chi connectivity index (χ0n) is 11.4. The minimum atomic E-state index is -0.468. The number of carbonyl (C=O) groups excluding carboxylic acids is 1. The van der Waals surface area contributed by atoms with Crippen LogP contribution in [0.2, 0.25) is 0 Å². The van der Waals surface area contributed by atoms with Gasteiger partial charge in [-0.15, -0.1) is 0 Å². The topological polar surface area (TPSA) is 64.3 Å². The van der Waals surface area contributed by atoms with E-state index in [9.17, 15) is 4.79 Å². The first-order valence-electron chi connectivity index (χ1n) is 6.95. The summed E-state index contributed by atoms with van der Waals surface area (Å²) in [6.45, 7) is 2.29. The quantitative estimate of drug-likeness (QED) is 0.852. The highest BCUT2D eigenvalue weighted by atomic mass is 16.5. The van der Waals surface area contributed by atoms with Crippen LogP contribution in [0.1, 0.15) is 38.2 Å². The van der Waals surface area contributed by atoms with E-state index in [1.165, 1.54) is 12.8 Å². The normalized spacial score (nSPS) is 17.2. The lowest BCUT2D eigenvalue weighted by Crippen LogP contribution is -2.41. The molecule has 1 fully saturated rings. The van der Waals surface area contributed by atoms with E-state index in [2.05, 4.69) is 5.32 Å². The van der Waals surface area contributed by atoms with Gasteiger partial charge in [0.05, 0.1) is 0 Å². The van der Waals surface area contributed by atoms with Crippen molar-refractivity contribution in [3.05, 3.63) is 29.8 Å². The third kappa shape index (κ3) is 3.96. The van der Waals surface area contributed by atoms with Crippen LogP contribution in [0.4, 0.5) is 0 Å². The van der Waals surface area contributed by atoms with Gasteiger partial charge in [0.1, 0.15) is 5.75 Å². The summed E-state index contributed by atoms with van der Waals surface area (Å²) in [5, 5.41) is 3.04. The molecule has 4 nitrogen and oxygen atoms in total. The Balaban J connectivity index is 1.84. The van der Waals surface area contributed by atoms with Gasteiger partial charge >= 0.3 is 0 Å². The van der Waals surface area contributed by atoms with Gasteiger partial charge in [0.15, 0.2) is 6.10 Å². The monoisotopic (exact) mass is 262 g/mol. The summed E-state index contributed by atoms with van der Waals surface area (Å²) in [5.41, 5.74) is 6.59. The summed E-state index contributed by atoms with van der Waals surface area (Å²) in [6.07, 6.45) is 4.12. The molecule has 1 aliphatic rings. The van der Waals surface area contributed by atoms with Gasteiger partial charge < -0.3 is 15.8 Å². The van der Waals surface area contributed by atoms with Crippen LogP contribution in [-0.4, -0.2) is 18.1 Å². The molecule has 4 heteroatoms. The van der Waals surface area contributed by atoms with Crippen molar-refractivity contribution >= 4 is 5.91 Å². The van der Waals surface area contributed by atoms with Gasteiger partial charge in [-0.2, -0.15) is 0 Å². The number of ether oxygens (including phenoxy) is 1. The zero-order valence-corrected chi connectivity index (χ0v) is 11.4. The van der Waals surface area contributed by atoms with Gasteiger partial charge in [0.2, 0.25) is 0 Å². The second-order valence-corrected chi connectivity index (χ2v) is 5.10. The molecule has 1 amide bonds. The highest BCUT2D eigenvalue weighted by Crippen LogP contribution is 2.18. The Kier molecular flexibility index (Phi) is 4.80. The Morgan fingerprint density at radius 2 is 2.00 bits per heavy atom. The molecule has 0 radical (unpaired) electrons. The van der Waals surface area contributed by atoms with Crippen molar-refractivity contribution in [3.63, 3.8) is 0 Å². The molecular weight excluding hydrogens is 240 g/mol. The van der Waals surface area contributed by atoms with Gasteiger partial charge in [0.25, 0.3) is 5.91 Å². The standard InChI is InChI=1S/C15H22N2O2/c1-11(15(18)17-13-4-2-3-5-13)19-14-8-6-12(10-16)7-9-14/h6-9,11,13H,2-5,10,16H2,1H3,(H,17,18). The fourth-order valence-corrected chi connectivity index (χ4v) is 2.35. The second kappa shape index (κ2) is 6.57. The van der Waals surface area contributed by atoms with Gasteiger partial charge in [-0.3, -0.25) is 4.79 Å². The van der Waals surface area contributed by atoms with E-state index in [1.807, 2.05) is 24.3 Å². The smallest absolute Gasteiger partial charge is 0.260 e. The largest absolute Gasteiger partial charge is 0.481 e. The molecule has 1 aromatic carbocycles. The molecule has 104 valence electrons. The van der Waals surface area contributed by atoms with E-state index in [0.29, 0.717) is 18.3 Å². The molecule has 0 heterocycles. The van der Waals surface area contributed by atoms with Crippen molar-refractivity contribution in [2.75, 3.05) is 0 Å². The average molecular weight is 262 g/mol. The molecule has 2 rings (SSSR count). The van der Waals surface area contributed by atoms with Crippen LogP contribution in [0.5, 0.6) is 5.75 Å². The summed E-state index contributed by atoms with van der Waals surface area (Å²) in [7, 11) is 0. The van der Waals surface area contributed by atoms with Crippen LogP contribution in [0, 0.1) is 0 Å². The molecule has 3 N–H and O–H groups in total. The van der Waals surface area contributed by atoms with E-state index in [-0.39, 0.29) is 5.91 Å². The van der Waals surface area contributed by atoms with Crippen molar-refractivity contribution in [2.24, 2.45) is 5.73 Å². The number of nitrogens with two attached hydrogens (primary N) is 1. The molecule has 0 spiro atoms. The summed E-state index contributed by atoms with van der Waals surface area (Å²) in [4.78, 5) is 12.0. The number of hydrogen-bond acceptors (Lipinski definition) is 3. The maximum atomic E-state index is 12.0. The minimum Gasteiger partial charge on any atom is -0.481 e. The number of benzene rings is 1. The average Bonchev–Trinajstić information content (AvgIpc) is 2.92. The third-order valence-corrected chi connectivity index (χ3v) is 3.54. The Hall–Kier alpha value is -1.55. The highest BCUT2D eigenvalue weighted by molar-refractivity contribution is 5.81. The molecule has 0 bridgehead atoms. The van der Waals surface area contributed by atoms with E-state index in [1.54, 1.807) is 6.92 Å². The molecule has 1 atom stereocenters. The maximum Gasteiger partial charge on any atom is 0.260 e. The van der Waals surface area contributed by atoms with Gasteiger partial charge in [-0.25, -0.2) is 0 Å². The summed E-state index contributed by atoms with van der Waals surface area (Å²) < 4.78 is 5.63. The Morgan fingerprint density at radius 1 is 1.37 bits per heavy atom. The first kappa shape index (κ1) is 13.9. The predicted molar refractivity (Wildman–Crippen MR) is 74.8 cm³/mol. The SMILES string of the molecule is CC(Oc1ccc(CN)cc1)C(=O)NC1CCCC1. The summed E-state index contributed by atoms with van der Waals surface area (Å²) in [5.74, 6) is 0.668. The van der Waals surface area contributed by atoms with Crippen LogP contribution in [-0.2, 0) is 11.3 Å². The lowest BCUT2D eigenvalue weighted by Gasteiger charge is -2.18. The van der Waals surface area contributed by atoms with Crippen LogP contribution in [0.3, 0.4) is 0 Å². The van der Waals surface area contributed by atoms with Crippen molar-refractivity contribution in [3.8, 4) is 5.75 Å². The summed E-state index contributed by atoms with van der Waals surface area (Å²) >= 11 is 0. The number of nitrogens with one attached hydrogen (secondary N) is 1. The minimum absolute atomic E-state index is 0.0326. The van der Waals surface area contributed by atoms with Crippen LogP contribution >= 0.6 is 0 Å². The van der Waals surface area contributed by atoms with Gasteiger partial charge in [-0.05, 0) is 37.5 Å². The van der Waals surface area contributed by atoms with Gasteiger partial charge in [0, 0.05) is 12.6 Å². The zero-order chi connectivity index (χ0) is 13.7. The lowest BCUT2D eigenvalue weighted by atomic mass is 10.2. The molecule has 19 heavy (non-hydrogen) atoms. The summed E-state index contributed by atoms with van der Waals surface area (Å²) in [6, 6.07) is 7.86. The third-order valence-electron chi connectivity index (χ3n) is 3.54. The molecule has 0 aromatic heterocycles. The number of hydrogen-bond donors (Lipinski definition) is 2. The Bertz CT molecular complexity index is 411. The molecule has 1 aliphatic carbocycles. The van der Waals surface area contributed by atoms with Crippen molar-refractivity contribution in [2.45, 2.75) is 51.3 Å². The second-order valence-electron chi connectivity index (χ2n) is 5.10. The van der Waals surface area contributed by atoms with E-state index < -0.39 is 6.10 Å². The maximum absolute atomic E-state index is 12.0. The van der Waals surface area contributed by atoms with Crippen molar-refractivity contribution in [1.29, 1.82) is 0 Å². The van der Waals surface area contributed by atoms with Crippen LogP contribution in [0.25, 0.3) is 0 Å². The fourth-order valence-electron chi connectivity index (χ4n) is 2.35. The highest BCUT2D eigenvalue weighted by Gasteiger charge is 2.21. The molecule has 1 saturated carbocycles. The Morgan fingerprint density at radius 3 is 2.58 bits per heavy atom. The first-order valence-corrected chi connectivity index (χ1v) is 6.95. The molecular formula is C15H22N2O2. The first-order chi connectivity index (χ1) is 9.19. The van der Waals surface area contributed by atoms with Crippen molar-refractivity contribution in [1.82, 2.24) is 5.32 Å². The lowest BCUT2D eigenvalue weighted by molar-refractivity contribution is -0.127. The van der Waals surface area contributed by atoms with Crippen molar-refractivity contribution < 1.29 is 9.53 Å². The van der Waals surface area contributed by atoms with E-state index in [0.717, 1.165) is 18.4 Å². The molecule has 1 aromatic rings. The van der Waals surface area contributed by atoms with E-state index >= 15 is 0 Å². The van der Waals surface area contributed by atoms with E-state index in [4.69, 9.17) is 10.5 Å². The van der Waals surface area contributed by atoms with Gasteiger partial charge in [-0.1, -0.05) is 25.0 Å². The van der Waals surface area contributed by atoms with Crippen LogP contribution in [0.15, 0.2) is 24.3 Å². The molecule has 0 saturated heterocycles. The number of carbonyl (C=O) groups is 1. The van der Waals surface area contributed by atoms with Crippen LogP contribution < -0.4 is 15.8 Å². The number of amides is 1. The number of rotatable bonds is 5. The fraction of sp³-hybridized carbons (Fsp3) is 0.533. The Labute approximate surface area is 114 Å². The molecule has 1 unspecified atom stereocenters. The molecule has 0 aliphatic heterocycles.